The number of fused-ring (bicyclic) bond motifs is 1. The van der Waals surface area contributed by atoms with E-state index in [0.29, 0.717) is 6.54 Å². The van der Waals surface area contributed by atoms with E-state index in [0.717, 1.165) is 23.4 Å². The lowest BCUT2D eigenvalue weighted by Crippen LogP contribution is -2.18. The van der Waals surface area contributed by atoms with E-state index in [1.54, 1.807) is 11.3 Å². The molecule has 3 heterocycles. The van der Waals surface area contributed by atoms with E-state index in [4.69, 9.17) is 17.3 Å². The smallest absolute Gasteiger partial charge is 0.243 e. The lowest BCUT2D eigenvalue weighted by molar-refractivity contribution is 0.730. The molecular formula is C15H18ClN5S. The van der Waals surface area contributed by atoms with Crippen LogP contribution in [0.1, 0.15) is 23.1 Å². The first kappa shape index (κ1) is 15.3. The van der Waals surface area contributed by atoms with E-state index < -0.39 is 0 Å². The zero-order valence-corrected chi connectivity index (χ0v) is 14.1. The fourth-order valence-corrected chi connectivity index (χ4v) is 3.27. The van der Waals surface area contributed by atoms with Gasteiger partial charge >= 0.3 is 0 Å². The van der Waals surface area contributed by atoms with Gasteiger partial charge in [0, 0.05) is 16.6 Å². The summed E-state index contributed by atoms with van der Waals surface area (Å²) in [4.78, 5) is 5.57. The molecule has 1 atom stereocenters. The summed E-state index contributed by atoms with van der Waals surface area (Å²) >= 11 is 7.77. The van der Waals surface area contributed by atoms with Gasteiger partial charge in [0.25, 0.3) is 0 Å². The van der Waals surface area contributed by atoms with Crippen molar-refractivity contribution < 1.29 is 0 Å². The number of aryl methyl sites for hydroxylation is 1. The van der Waals surface area contributed by atoms with Gasteiger partial charge in [-0.25, -0.2) is 4.52 Å². The van der Waals surface area contributed by atoms with Crippen molar-refractivity contribution in [1.29, 1.82) is 0 Å². The number of halogens is 1. The minimum Gasteiger partial charge on any atom is -0.363 e. The fraction of sp³-hybridized carbons (Fsp3) is 0.333. The van der Waals surface area contributed by atoms with Gasteiger partial charge in [-0.05, 0) is 54.9 Å². The number of rotatable bonds is 5. The number of thiophene rings is 1. The van der Waals surface area contributed by atoms with Crippen molar-refractivity contribution in [1.82, 2.24) is 14.6 Å². The summed E-state index contributed by atoms with van der Waals surface area (Å²) < 4.78 is 1.84. The molecule has 22 heavy (non-hydrogen) atoms. The number of nitrogens with one attached hydrogen (secondary N) is 1. The van der Waals surface area contributed by atoms with Gasteiger partial charge in [-0.2, -0.15) is 4.98 Å². The monoisotopic (exact) mass is 335 g/mol. The average molecular weight is 336 g/mol. The second-order valence-corrected chi connectivity index (χ2v) is 6.77. The van der Waals surface area contributed by atoms with Crippen molar-refractivity contribution in [3.05, 3.63) is 45.0 Å². The first-order chi connectivity index (χ1) is 10.5. The number of nitrogens with zero attached hydrogens (tertiary/aromatic N) is 3. The maximum atomic E-state index is 6.07. The van der Waals surface area contributed by atoms with Crippen molar-refractivity contribution in [3.63, 3.8) is 0 Å². The molecule has 0 aliphatic rings. The quantitative estimate of drug-likeness (QED) is 0.751. The maximum absolute atomic E-state index is 6.07. The van der Waals surface area contributed by atoms with Crippen LogP contribution >= 0.6 is 22.9 Å². The summed E-state index contributed by atoms with van der Waals surface area (Å²) in [5.41, 5.74) is 9.07. The average Bonchev–Trinajstić information content (AvgIpc) is 3.07. The summed E-state index contributed by atoms with van der Waals surface area (Å²) in [6, 6.07) is 6.31. The van der Waals surface area contributed by atoms with Gasteiger partial charge in [0.15, 0.2) is 5.82 Å². The Morgan fingerprint density at radius 2 is 2.32 bits per heavy atom. The minimum absolute atomic E-state index is 0.0991. The maximum Gasteiger partial charge on any atom is 0.243 e. The van der Waals surface area contributed by atoms with Gasteiger partial charge in [-0.15, -0.1) is 16.4 Å². The van der Waals surface area contributed by atoms with Crippen LogP contribution in [0.2, 0.25) is 5.28 Å². The second-order valence-electron chi connectivity index (χ2n) is 5.40. The van der Waals surface area contributed by atoms with E-state index in [-0.39, 0.29) is 11.3 Å². The van der Waals surface area contributed by atoms with Crippen molar-refractivity contribution >= 4 is 34.3 Å². The predicted molar refractivity (Wildman–Crippen MR) is 91.7 cm³/mol. The molecule has 3 N–H and O–H groups in total. The van der Waals surface area contributed by atoms with Crippen molar-refractivity contribution in [2.24, 2.45) is 5.73 Å². The van der Waals surface area contributed by atoms with Gasteiger partial charge in [-0.1, -0.05) is 6.07 Å². The molecule has 0 aliphatic heterocycles. The third-order valence-electron chi connectivity index (χ3n) is 3.50. The summed E-state index contributed by atoms with van der Waals surface area (Å²) in [5.74, 6) is 0.743. The van der Waals surface area contributed by atoms with Crippen molar-refractivity contribution in [2.75, 3.05) is 5.32 Å². The Morgan fingerprint density at radius 3 is 3.00 bits per heavy atom. The molecule has 0 amide bonds. The number of hydrogen-bond acceptors (Lipinski definition) is 5. The summed E-state index contributed by atoms with van der Waals surface area (Å²) in [6.07, 6.45) is 0.803. The molecule has 3 aromatic rings. The Morgan fingerprint density at radius 1 is 1.50 bits per heavy atom. The molecule has 7 heteroatoms. The molecule has 116 valence electrons. The van der Waals surface area contributed by atoms with Crippen LogP contribution in [0.3, 0.4) is 0 Å². The van der Waals surface area contributed by atoms with Gasteiger partial charge in [0.1, 0.15) is 5.52 Å². The van der Waals surface area contributed by atoms with Gasteiger partial charge < -0.3 is 11.1 Å². The van der Waals surface area contributed by atoms with Crippen LogP contribution in [0.25, 0.3) is 5.52 Å². The molecular weight excluding hydrogens is 318 g/mol. The van der Waals surface area contributed by atoms with Crippen LogP contribution in [0.15, 0.2) is 23.6 Å². The lowest BCUT2D eigenvalue weighted by atomic mass is 10.1. The highest BCUT2D eigenvalue weighted by Crippen LogP contribution is 2.24. The number of aromatic nitrogens is 3. The summed E-state index contributed by atoms with van der Waals surface area (Å²) in [7, 11) is 0. The fourth-order valence-electron chi connectivity index (χ4n) is 2.47. The number of anilines is 1. The molecule has 0 bridgehead atoms. The molecule has 0 aromatic carbocycles. The van der Waals surface area contributed by atoms with Crippen LogP contribution in [0.5, 0.6) is 0 Å². The SMILES string of the molecule is Cc1c(C[C@H](C)N)cc2c(NCc3cccs3)nc(Cl)nn12. The predicted octanol–water partition coefficient (Wildman–Crippen LogP) is 3.25. The van der Waals surface area contributed by atoms with Crippen LogP contribution in [0, 0.1) is 6.92 Å². The van der Waals surface area contributed by atoms with E-state index in [2.05, 4.69) is 32.9 Å². The third kappa shape index (κ3) is 3.09. The molecule has 0 fully saturated rings. The highest BCUT2D eigenvalue weighted by Gasteiger charge is 2.14. The first-order valence-electron chi connectivity index (χ1n) is 7.11. The molecule has 0 spiro atoms. The van der Waals surface area contributed by atoms with Crippen LogP contribution < -0.4 is 11.1 Å². The molecule has 3 rings (SSSR count). The van der Waals surface area contributed by atoms with Crippen molar-refractivity contribution in [2.45, 2.75) is 32.9 Å². The molecule has 0 saturated carbocycles. The van der Waals surface area contributed by atoms with Crippen LogP contribution in [-0.2, 0) is 13.0 Å². The topological polar surface area (TPSA) is 68.2 Å². The molecule has 0 radical (unpaired) electrons. The Kier molecular flexibility index (Phi) is 4.33. The zero-order chi connectivity index (χ0) is 15.7. The van der Waals surface area contributed by atoms with E-state index in [9.17, 15) is 0 Å². The van der Waals surface area contributed by atoms with Crippen LogP contribution in [-0.4, -0.2) is 20.6 Å². The highest BCUT2D eigenvalue weighted by atomic mass is 35.5. The second kappa shape index (κ2) is 6.24. The standard InChI is InChI=1S/C15H18ClN5S/c1-9(17)6-11-7-13-14(18-8-12-4-3-5-22-12)19-15(16)20-21(13)10(11)2/h3-5,7,9H,6,8,17H2,1-2H3,(H,18,19,20)/t9-/m0/s1. The van der Waals surface area contributed by atoms with Crippen molar-refractivity contribution in [3.8, 4) is 0 Å². The Hall–Kier alpha value is -1.63. The summed E-state index contributed by atoms with van der Waals surface area (Å²) in [5, 5.41) is 9.94. The third-order valence-corrected chi connectivity index (χ3v) is 4.54. The number of nitrogens with two attached hydrogens (primary N) is 1. The molecule has 0 unspecified atom stereocenters. The van der Waals surface area contributed by atoms with E-state index >= 15 is 0 Å². The Labute approximate surface area is 138 Å². The van der Waals surface area contributed by atoms with E-state index in [1.807, 2.05) is 24.4 Å². The molecule has 3 aromatic heterocycles. The summed E-state index contributed by atoms with van der Waals surface area (Å²) in [6.45, 7) is 4.74. The normalized spacial score (nSPS) is 12.7. The van der Waals surface area contributed by atoms with E-state index in [1.165, 1.54) is 10.4 Å². The molecule has 0 saturated heterocycles. The largest absolute Gasteiger partial charge is 0.363 e. The van der Waals surface area contributed by atoms with Crippen LogP contribution in [0.4, 0.5) is 5.82 Å². The first-order valence-corrected chi connectivity index (χ1v) is 8.37. The van der Waals surface area contributed by atoms with Gasteiger partial charge in [0.2, 0.25) is 5.28 Å². The van der Waals surface area contributed by atoms with Gasteiger partial charge in [-0.3, -0.25) is 0 Å². The lowest BCUT2D eigenvalue weighted by Gasteiger charge is -2.07. The van der Waals surface area contributed by atoms with Gasteiger partial charge in [0.05, 0.1) is 6.54 Å². The number of hydrogen-bond donors (Lipinski definition) is 2. The zero-order valence-electron chi connectivity index (χ0n) is 12.5. The minimum atomic E-state index is 0.0991. The highest BCUT2D eigenvalue weighted by molar-refractivity contribution is 7.09. The molecule has 0 aliphatic carbocycles. The Bertz CT molecular complexity index is 779. The Balaban J connectivity index is 1.98. The molecule has 5 nitrogen and oxygen atoms in total.